The van der Waals surface area contributed by atoms with Gasteiger partial charge in [0.2, 0.25) is 11.8 Å². The predicted octanol–water partition coefficient (Wildman–Crippen LogP) is 0.813. The van der Waals surface area contributed by atoms with Gasteiger partial charge in [0.05, 0.1) is 12.8 Å². The zero-order chi connectivity index (χ0) is 19.0. The van der Waals surface area contributed by atoms with Gasteiger partial charge in [-0.1, -0.05) is 12.1 Å². The van der Waals surface area contributed by atoms with Crippen LogP contribution in [0.5, 0.6) is 0 Å². The van der Waals surface area contributed by atoms with Crippen molar-refractivity contribution >= 4 is 17.7 Å². The van der Waals surface area contributed by atoms with E-state index in [0.29, 0.717) is 13.0 Å². The van der Waals surface area contributed by atoms with Crippen molar-refractivity contribution in [2.45, 2.75) is 18.5 Å². The van der Waals surface area contributed by atoms with Crippen molar-refractivity contribution < 1.29 is 23.2 Å². The van der Waals surface area contributed by atoms with E-state index in [4.69, 9.17) is 4.42 Å². The molecular weight excluding hydrogens is 353 g/mol. The Kier molecular flexibility index (Phi) is 4.39. The van der Waals surface area contributed by atoms with Crippen molar-refractivity contribution in [3.8, 4) is 0 Å². The molecule has 2 unspecified atom stereocenters. The maximum atomic E-state index is 13.0. The van der Waals surface area contributed by atoms with Crippen LogP contribution in [0, 0.1) is 5.82 Å². The number of hydrogen-bond donors (Lipinski definition) is 1. The third-order valence-corrected chi connectivity index (χ3v) is 4.95. The van der Waals surface area contributed by atoms with Crippen LogP contribution >= 0.6 is 0 Å². The summed E-state index contributed by atoms with van der Waals surface area (Å²) in [4.78, 5) is 40.8. The molecule has 0 radical (unpaired) electrons. The highest BCUT2D eigenvalue weighted by Crippen LogP contribution is 2.20. The molecular formula is C19H18FN3O4. The third kappa shape index (κ3) is 3.30. The number of carbonyl (C=O) groups is 3. The van der Waals surface area contributed by atoms with Crippen LogP contribution in [-0.2, 0) is 16.0 Å². The second-order valence-electron chi connectivity index (χ2n) is 6.67. The molecule has 0 bridgehead atoms. The summed E-state index contributed by atoms with van der Waals surface area (Å²) in [5, 5.41) is 2.74. The lowest BCUT2D eigenvalue weighted by Crippen LogP contribution is -2.70. The number of piperazine rings is 2. The monoisotopic (exact) mass is 371 g/mol. The highest BCUT2D eigenvalue weighted by molar-refractivity contribution is 5.98. The molecule has 8 heteroatoms. The number of nitrogens with zero attached hydrogens (tertiary/aromatic N) is 2. The van der Waals surface area contributed by atoms with E-state index in [1.807, 2.05) is 0 Å². The van der Waals surface area contributed by atoms with Gasteiger partial charge in [0, 0.05) is 19.5 Å². The Morgan fingerprint density at radius 3 is 2.67 bits per heavy atom. The first-order valence-corrected chi connectivity index (χ1v) is 8.71. The van der Waals surface area contributed by atoms with Crippen LogP contribution in [0.1, 0.15) is 16.1 Å². The van der Waals surface area contributed by atoms with Crippen molar-refractivity contribution in [1.82, 2.24) is 15.1 Å². The van der Waals surface area contributed by atoms with Crippen LogP contribution in [0.3, 0.4) is 0 Å². The molecule has 2 saturated heterocycles. The number of furan rings is 1. The highest BCUT2D eigenvalue weighted by Gasteiger charge is 2.44. The topological polar surface area (TPSA) is 82.9 Å². The summed E-state index contributed by atoms with van der Waals surface area (Å²) in [6.07, 6.45) is 1.71. The fraction of sp³-hybridized carbons (Fsp3) is 0.316. The lowest BCUT2D eigenvalue weighted by molar-refractivity contribution is -0.152. The fourth-order valence-electron chi connectivity index (χ4n) is 3.54. The zero-order valence-electron chi connectivity index (χ0n) is 14.4. The number of fused-ring (bicyclic) bond motifs is 1. The molecule has 1 N–H and O–H groups in total. The molecule has 2 fully saturated rings. The summed E-state index contributed by atoms with van der Waals surface area (Å²) in [7, 11) is 0. The van der Waals surface area contributed by atoms with Crippen LogP contribution in [0.25, 0.3) is 0 Å². The molecule has 0 spiro atoms. The summed E-state index contributed by atoms with van der Waals surface area (Å²) in [5.74, 6) is -0.920. The number of hydrogen-bond acceptors (Lipinski definition) is 4. The first kappa shape index (κ1) is 17.3. The van der Waals surface area contributed by atoms with Crippen molar-refractivity contribution in [2.75, 3.05) is 19.6 Å². The maximum Gasteiger partial charge on any atom is 0.289 e. The zero-order valence-corrected chi connectivity index (χ0v) is 14.4. The molecule has 2 aliphatic rings. The van der Waals surface area contributed by atoms with Crippen molar-refractivity contribution in [3.05, 3.63) is 59.8 Å². The van der Waals surface area contributed by atoms with Gasteiger partial charge in [-0.3, -0.25) is 14.4 Å². The fourth-order valence-corrected chi connectivity index (χ4v) is 3.54. The van der Waals surface area contributed by atoms with E-state index in [2.05, 4.69) is 5.32 Å². The van der Waals surface area contributed by atoms with E-state index < -0.39 is 12.1 Å². The minimum absolute atomic E-state index is 0.125. The van der Waals surface area contributed by atoms with Gasteiger partial charge < -0.3 is 19.5 Å². The Hall–Kier alpha value is -3.16. The Morgan fingerprint density at radius 2 is 1.96 bits per heavy atom. The highest BCUT2D eigenvalue weighted by atomic mass is 19.1. The number of amides is 3. The molecule has 3 heterocycles. The van der Waals surface area contributed by atoms with Crippen LogP contribution in [0.15, 0.2) is 47.1 Å². The van der Waals surface area contributed by atoms with E-state index in [9.17, 15) is 18.8 Å². The van der Waals surface area contributed by atoms with Crippen molar-refractivity contribution in [3.63, 3.8) is 0 Å². The minimum Gasteiger partial charge on any atom is -0.459 e. The van der Waals surface area contributed by atoms with E-state index in [1.165, 1.54) is 28.2 Å². The first-order chi connectivity index (χ1) is 13.0. The maximum absolute atomic E-state index is 13.0. The lowest BCUT2D eigenvalue weighted by atomic mass is 9.98. The Labute approximate surface area is 154 Å². The van der Waals surface area contributed by atoms with Gasteiger partial charge in [-0.2, -0.15) is 0 Å². The minimum atomic E-state index is -0.713. The van der Waals surface area contributed by atoms with Crippen molar-refractivity contribution in [2.24, 2.45) is 0 Å². The lowest BCUT2D eigenvalue weighted by Gasteiger charge is -2.45. The Bertz CT molecular complexity index is 866. The standard InChI is InChI=1S/C19H18FN3O4/c20-13-5-3-12(4-6-13)10-14-18(25)23-8-7-22(11-15(23)17(24)21-14)19(26)16-2-1-9-27-16/h1-6,9,14-15H,7-8,10-11H2,(H,21,24). The van der Waals surface area contributed by atoms with Gasteiger partial charge in [0.1, 0.15) is 17.9 Å². The SMILES string of the molecule is O=C1NC(Cc2ccc(F)cc2)C(=O)N2CCN(C(=O)c3ccco3)CC12. The number of rotatable bonds is 3. The van der Waals surface area contributed by atoms with Crippen molar-refractivity contribution in [1.29, 1.82) is 0 Å². The summed E-state index contributed by atoms with van der Waals surface area (Å²) in [6.45, 7) is 0.738. The third-order valence-electron chi connectivity index (χ3n) is 4.95. The van der Waals surface area contributed by atoms with Gasteiger partial charge in [0.25, 0.3) is 5.91 Å². The number of benzene rings is 1. The molecule has 2 aliphatic heterocycles. The molecule has 3 amide bonds. The van der Waals surface area contributed by atoms with Gasteiger partial charge >= 0.3 is 0 Å². The average molecular weight is 371 g/mol. The van der Waals surface area contributed by atoms with Crippen LogP contribution in [0.4, 0.5) is 4.39 Å². The summed E-state index contributed by atoms with van der Waals surface area (Å²) < 4.78 is 18.2. The molecule has 140 valence electrons. The molecule has 1 aromatic heterocycles. The van der Waals surface area contributed by atoms with Gasteiger partial charge in [-0.15, -0.1) is 0 Å². The van der Waals surface area contributed by atoms with E-state index >= 15 is 0 Å². The average Bonchev–Trinajstić information content (AvgIpc) is 3.21. The van der Waals surface area contributed by atoms with Crippen LogP contribution in [0.2, 0.25) is 0 Å². The Balaban J connectivity index is 1.45. The number of halogens is 1. The molecule has 0 aliphatic carbocycles. The second-order valence-corrected chi connectivity index (χ2v) is 6.67. The predicted molar refractivity (Wildman–Crippen MR) is 92.1 cm³/mol. The quantitative estimate of drug-likeness (QED) is 0.866. The molecule has 7 nitrogen and oxygen atoms in total. The summed E-state index contributed by atoms with van der Waals surface area (Å²) in [5.41, 5.74) is 0.764. The molecule has 0 saturated carbocycles. The second kappa shape index (κ2) is 6.86. The molecule has 2 aromatic rings. The van der Waals surface area contributed by atoms with Gasteiger partial charge in [-0.25, -0.2) is 4.39 Å². The summed E-state index contributed by atoms with van der Waals surface area (Å²) >= 11 is 0. The van der Waals surface area contributed by atoms with Crippen LogP contribution < -0.4 is 5.32 Å². The van der Waals surface area contributed by atoms with E-state index in [0.717, 1.165) is 5.56 Å². The Morgan fingerprint density at radius 1 is 1.19 bits per heavy atom. The largest absolute Gasteiger partial charge is 0.459 e. The van der Waals surface area contributed by atoms with Gasteiger partial charge in [-0.05, 0) is 29.8 Å². The molecule has 1 aromatic carbocycles. The normalized spacial score (nSPS) is 22.4. The molecule has 4 rings (SSSR count). The van der Waals surface area contributed by atoms with E-state index in [-0.39, 0.29) is 42.4 Å². The molecule has 27 heavy (non-hydrogen) atoms. The smallest absolute Gasteiger partial charge is 0.289 e. The van der Waals surface area contributed by atoms with Gasteiger partial charge in [0.15, 0.2) is 5.76 Å². The summed E-state index contributed by atoms with van der Waals surface area (Å²) in [6, 6.07) is 7.64. The first-order valence-electron chi connectivity index (χ1n) is 8.71. The number of nitrogens with one attached hydrogen (secondary N) is 1. The molecule has 2 atom stereocenters. The van der Waals surface area contributed by atoms with Crippen LogP contribution in [-0.4, -0.2) is 59.2 Å². The number of carbonyl (C=O) groups excluding carboxylic acids is 3. The van der Waals surface area contributed by atoms with E-state index in [1.54, 1.807) is 24.3 Å².